The maximum absolute atomic E-state index is 11.4. The molecule has 0 aliphatic heterocycles. The van der Waals surface area contributed by atoms with E-state index < -0.39 is 11.9 Å². The molecule has 2 fully saturated rings. The molecule has 0 unspecified atom stereocenters. The Bertz CT molecular complexity index is 251. The molecular weight excluding hydrogens is 224 g/mol. The van der Waals surface area contributed by atoms with Gasteiger partial charge in [0, 0.05) is 5.92 Å². The van der Waals surface area contributed by atoms with Gasteiger partial charge < -0.3 is 5.11 Å². The second-order valence-corrected chi connectivity index (χ2v) is 4.50. The third kappa shape index (κ3) is 0.873. The Hall–Kier alpha value is -0.380. The van der Waals surface area contributed by atoms with Gasteiger partial charge in [0.25, 0.3) is 0 Å². The van der Waals surface area contributed by atoms with E-state index in [2.05, 4.69) is 15.9 Å². The minimum absolute atomic E-state index is 0.0417. The lowest BCUT2D eigenvalue weighted by atomic mass is 9.98. The van der Waals surface area contributed by atoms with E-state index in [0.29, 0.717) is 0 Å². The lowest BCUT2D eigenvalue weighted by molar-refractivity contribution is -0.144. The molecule has 4 atom stereocenters. The fourth-order valence-corrected chi connectivity index (χ4v) is 3.38. The number of aliphatic carboxylic acids is 1. The summed E-state index contributed by atoms with van der Waals surface area (Å²) in [6, 6.07) is 0. The van der Waals surface area contributed by atoms with Crippen LogP contribution in [0, 0.1) is 17.8 Å². The molecule has 0 spiro atoms. The summed E-state index contributed by atoms with van der Waals surface area (Å²) < 4.78 is 0. The van der Waals surface area contributed by atoms with Crippen molar-refractivity contribution in [2.24, 2.45) is 17.8 Å². The first-order valence-corrected chi connectivity index (χ1v) is 4.95. The van der Waals surface area contributed by atoms with Crippen LogP contribution in [0.15, 0.2) is 0 Å². The number of carboxylic acids is 1. The van der Waals surface area contributed by atoms with Crippen LogP contribution >= 0.6 is 15.9 Å². The Morgan fingerprint density at radius 1 is 1.50 bits per heavy atom. The van der Waals surface area contributed by atoms with Gasteiger partial charge in [-0.25, -0.2) is 0 Å². The molecule has 2 saturated carbocycles. The number of rotatable bonds is 1. The van der Waals surface area contributed by atoms with Crippen LogP contribution in [-0.4, -0.2) is 21.7 Å². The predicted octanol–water partition coefficient (Wildman–Crippen LogP) is 1.06. The van der Waals surface area contributed by atoms with Crippen molar-refractivity contribution in [3.05, 3.63) is 0 Å². The Morgan fingerprint density at radius 3 is 2.50 bits per heavy atom. The van der Waals surface area contributed by atoms with E-state index in [4.69, 9.17) is 5.11 Å². The number of Topliss-reactive ketones (excluding diaryl/α,β-unsaturated/α-hetero) is 1. The first-order valence-electron chi connectivity index (χ1n) is 4.03. The van der Waals surface area contributed by atoms with E-state index in [1.54, 1.807) is 0 Å². The average Bonchev–Trinajstić information content (AvgIpc) is 2.51. The summed E-state index contributed by atoms with van der Waals surface area (Å²) in [7, 11) is 0. The summed E-state index contributed by atoms with van der Waals surface area (Å²) in [6.07, 6.45) is 1.64. The lowest BCUT2D eigenvalue weighted by Crippen LogP contribution is -2.21. The van der Waals surface area contributed by atoms with Gasteiger partial charge in [-0.15, -0.1) is 0 Å². The molecule has 66 valence electrons. The Morgan fingerprint density at radius 2 is 2.17 bits per heavy atom. The Labute approximate surface area is 78.3 Å². The molecule has 2 rings (SSSR count). The molecule has 2 aliphatic rings. The Balaban J connectivity index is 2.30. The minimum atomic E-state index is -0.808. The van der Waals surface area contributed by atoms with Gasteiger partial charge in [-0.3, -0.25) is 9.59 Å². The van der Waals surface area contributed by atoms with Crippen molar-refractivity contribution < 1.29 is 14.7 Å². The van der Waals surface area contributed by atoms with Gasteiger partial charge in [-0.2, -0.15) is 0 Å². The van der Waals surface area contributed by atoms with E-state index in [9.17, 15) is 9.59 Å². The number of hydrogen-bond donors (Lipinski definition) is 1. The van der Waals surface area contributed by atoms with Crippen LogP contribution in [0.4, 0.5) is 0 Å². The van der Waals surface area contributed by atoms with Crippen LogP contribution in [0.25, 0.3) is 0 Å². The van der Waals surface area contributed by atoms with E-state index >= 15 is 0 Å². The average molecular weight is 233 g/mol. The largest absolute Gasteiger partial charge is 0.481 e. The summed E-state index contributed by atoms with van der Waals surface area (Å²) in [5.41, 5.74) is 0. The van der Waals surface area contributed by atoms with Crippen LogP contribution < -0.4 is 0 Å². The normalized spacial score (nSPS) is 45.2. The minimum Gasteiger partial charge on any atom is -0.481 e. The van der Waals surface area contributed by atoms with Crippen molar-refractivity contribution in [1.82, 2.24) is 0 Å². The van der Waals surface area contributed by atoms with Gasteiger partial charge in [-0.1, -0.05) is 15.9 Å². The molecule has 2 bridgehead atoms. The van der Waals surface area contributed by atoms with Crippen LogP contribution in [-0.2, 0) is 9.59 Å². The number of alkyl halides is 1. The first-order chi connectivity index (χ1) is 5.63. The van der Waals surface area contributed by atoms with Crippen molar-refractivity contribution in [1.29, 1.82) is 0 Å². The van der Waals surface area contributed by atoms with E-state index in [1.165, 1.54) is 0 Å². The summed E-state index contributed by atoms with van der Waals surface area (Å²) in [4.78, 5) is 22.0. The van der Waals surface area contributed by atoms with Crippen LogP contribution in [0.1, 0.15) is 12.8 Å². The van der Waals surface area contributed by atoms with Crippen LogP contribution in [0.2, 0.25) is 0 Å². The summed E-state index contributed by atoms with van der Waals surface area (Å²) in [5, 5.41) is 8.86. The highest BCUT2D eigenvalue weighted by molar-refractivity contribution is 9.10. The molecule has 2 aliphatic carbocycles. The molecule has 0 aromatic rings. The lowest BCUT2D eigenvalue weighted by Gasteiger charge is -2.12. The molecule has 0 aromatic heterocycles. The number of carbonyl (C=O) groups excluding carboxylic acids is 1. The SMILES string of the molecule is O=C(O)[C@@H]1[C@H]2CC[C@@H]1C(=O)[C@H]2Br. The van der Waals surface area contributed by atoms with E-state index in [1.807, 2.05) is 0 Å². The second kappa shape index (κ2) is 2.55. The van der Waals surface area contributed by atoms with Gasteiger partial charge in [0.15, 0.2) is 5.78 Å². The number of carbonyl (C=O) groups is 2. The monoisotopic (exact) mass is 232 g/mol. The molecule has 3 nitrogen and oxygen atoms in total. The number of fused-ring (bicyclic) bond motifs is 2. The number of ketones is 1. The summed E-state index contributed by atoms with van der Waals surface area (Å²) in [6.45, 7) is 0. The summed E-state index contributed by atoms with van der Waals surface area (Å²) >= 11 is 3.26. The smallest absolute Gasteiger partial charge is 0.307 e. The highest BCUT2D eigenvalue weighted by Crippen LogP contribution is 2.49. The molecule has 12 heavy (non-hydrogen) atoms. The number of halogens is 1. The zero-order valence-electron chi connectivity index (χ0n) is 6.37. The molecule has 0 amide bonds. The first kappa shape index (κ1) is 8.23. The van der Waals surface area contributed by atoms with E-state index in [0.717, 1.165) is 12.8 Å². The number of carboxylic acid groups (broad SMARTS) is 1. The van der Waals surface area contributed by atoms with Gasteiger partial charge in [0.1, 0.15) is 0 Å². The molecule has 1 N–H and O–H groups in total. The fraction of sp³-hybridized carbons (Fsp3) is 0.750. The third-order valence-electron chi connectivity index (χ3n) is 3.00. The maximum Gasteiger partial charge on any atom is 0.307 e. The third-order valence-corrected chi connectivity index (χ3v) is 4.13. The van der Waals surface area contributed by atoms with Gasteiger partial charge in [-0.05, 0) is 18.8 Å². The topological polar surface area (TPSA) is 54.4 Å². The molecule has 0 radical (unpaired) electrons. The van der Waals surface area contributed by atoms with Gasteiger partial charge in [0.05, 0.1) is 10.7 Å². The summed E-state index contributed by atoms with van der Waals surface area (Å²) in [5.74, 6) is -1.30. The van der Waals surface area contributed by atoms with Gasteiger partial charge in [0.2, 0.25) is 0 Å². The predicted molar refractivity (Wildman–Crippen MR) is 45.1 cm³/mol. The maximum atomic E-state index is 11.4. The highest BCUT2D eigenvalue weighted by atomic mass is 79.9. The van der Waals surface area contributed by atoms with Crippen molar-refractivity contribution in [2.75, 3.05) is 0 Å². The van der Waals surface area contributed by atoms with Crippen LogP contribution in [0.3, 0.4) is 0 Å². The fourth-order valence-electron chi connectivity index (χ4n) is 2.45. The van der Waals surface area contributed by atoms with Crippen molar-refractivity contribution in [3.63, 3.8) is 0 Å². The van der Waals surface area contributed by atoms with Crippen LogP contribution in [0.5, 0.6) is 0 Å². The highest BCUT2D eigenvalue weighted by Gasteiger charge is 2.56. The molecule has 0 heterocycles. The quantitative estimate of drug-likeness (QED) is 0.689. The number of hydrogen-bond acceptors (Lipinski definition) is 2. The van der Waals surface area contributed by atoms with Crippen molar-refractivity contribution in [2.45, 2.75) is 17.7 Å². The second-order valence-electron chi connectivity index (χ2n) is 3.52. The zero-order chi connectivity index (χ0) is 8.88. The molecule has 0 saturated heterocycles. The van der Waals surface area contributed by atoms with Gasteiger partial charge >= 0.3 is 5.97 Å². The molecule has 4 heteroatoms. The molecule has 0 aromatic carbocycles. The van der Waals surface area contributed by atoms with E-state index in [-0.39, 0.29) is 22.4 Å². The van der Waals surface area contributed by atoms with Crippen molar-refractivity contribution in [3.8, 4) is 0 Å². The zero-order valence-corrected chi connectivity index (χ0v) is 7.95. The molecular formula is C8H9BrO3. The Kier molecular flexibility index (Phi) is 1.75. The van der Waals surface area contributed by atoms with Crippen molar-refractivity contribution >= 4 is 27.7 Å². The standard InChI is InChI=1S/C8H9BrO3/c9-6-3-1-2-4(7(6)10)5(3)8(11)12/h3-6H,1-2H2,(H,11,12)/t3-,4+,5-,6+/m1/s1.